The molecule has 2 N–H and O–H groups in total. The summed E-state index contributed by atoms with van der Waals surface area (Å²) in [5.74, 6) is 1.48. The highest BCUT2D eigenvalue weighted by molar-refractivity contribution is 5.94. The Morgan fingerprint density at radius 1 is 1.17 bits per heavy atom. The largest absolute Gasteiger partial charge is 0.349 e. The molecule has 0 radical (unpaired) electrons. The molecule has 0 aromatic heterocycles. The summed E-state index contributed by atoms with van der Waals surface area (Å²) in [6, 6.07) is 8.97. The Morgan fingerprint density at radius 2 is 1.79 bits per heavy atom. The zero-order valence-corrected chi connectivity index (χ0v) is 14.3. The van der Waals surface area contributed by atoms with E-state index in [1.165, 1.54) is 0 Å². The van der Waals surface area contributed by atoms with E-state index in [1.54, 1.807) is 12.1 Å². The number of hydrogen-bond acceptors (Lipinski definition) is 3. The first-order chi connectivity index (χ1) is 11.6. The molecule has 3 rings (SSSR count). The van der Waals surface area contributed by atoms with Gasteiger partial charge in [0.15, 0.2) is 0 Å². The summed E-state index contributed by atoms with van der Waals surface area (Å²) in [5, 5.41) is 6.38. The Hall–Kier alpha value is -1.88. The summed E-state index contributed by atoms with van der Waals surface area (Å²) in [5.41, 5.74) is 0.631. The van der Waals surface area contributed by atoms with Gasteiger partial charge in [-0.1, -0.05) is 18.2 Å². The van der Waals surface area contributed by atoms with Crippen molar-refractivity contribution in [2.24, 2.45) is 11.8 Å². The van der Waals surface area contributed by atoms with Crippen molar-refractivity contribution in [1.29, 1.82) is 0 Å². The first-order valence-electron chi connectivity index (χ1n) is 8.98. The van der Waals surface area contributed by atoms with Gasteiger partial charge in [0, 0.05) is 31.1 Å². The van der Waals surface area contributed by atoms with Crippen molar-refractivity contribution in [3.05, 3.63) is 35.9 Å². The fraction of sp³-hybridized carbons (Fsp3) is 0.579. The Morgan fingerprint density at radius 3 is 2.42 bits per heavy atom. The molecule has 2 fully saturated rings. The van der Waals surface area contributed by atoms with Gasteiger partial charge in [-0.2, -0.15) is 0 Å². The maximum atomic E-state index is 12.6. The van der Waals surface area contributed by atoms with Crippen LogP contribution in [0.4, 0.5) is 0 Å². The molecule has 2 saturated heterocycles. The smallest absolute Gasteiger partial charge is 0.251 e. The van der Waals surface area contributed by atoms with E-state index in [-0.39, 0.29) is 17.9 Å². The molecule has 1 aromatic carbocycles. The molecule has 2 heterocycles. The lowest BCUT2D eigenvalue weighted by Gasteiger charge is -2.23. The van der Waals surface area contributed by atoms with Gasteiger partial charge in [-0.15, -0.1) is 0 Å². The maximum Gasteiger partial charge on any atom is 0.251 e. The summed E-state index contributed by atoms with van der Waals surface area (Å²) in [7, 11) is 0. The standard InChI is InChI=1S/C19H27N3O2/c1-14(21-19(24)15-5-3-2-4-6-15)11-18(23)22-9-7-16-12-20-13-17(16)8-10-22/h2-6,14,16-17,20H,7-13H2,1H3,(H,21,24)/t14?,16-,17+. The number of nitrogens with one attached hydrogen (secondary N) is 2. The van der Waals surface area contributed by atoms with Crippen LogP contribution in [-0.2, 0) is 4.79 Å². The molecule has 130 valence electrons. The third-order valence-corrected chi connectivity index (χ3v) is 5.27. The minimum Gasteiger partial charge on any atom is -0.349 e. The van der Waals surface area contributed by atoms with Gasteiger partial charge in [-0.05, 0) is 56.8 Å². The lowest BCUT2D eigenvalue weighted by atomic mass is 9.92. The molecule has 2 aliphatic heterocycles. The van der Waals surface area contributed by atoms with Gasteiger partial charge in [0.1, 0.15) is 0 Å². The van der Waals surface area contributed by atoms with Crippen molar-refractivity contribution in [3.63, 3.8) is 0 Å². The molecule has 3 atom stereocenters. The van der Waals surface area contributed by atoms with Gasteiger partial charge in [0.05, 0.1) is 0 Å². The number of likely N-dealkylation sites (tertiary alicyclic amines) is 1. The average Bonchev–Trinajstić information content (AvgIpc) is 2.93. The van der Waals surface area contributed by atoms with Crippen molar-refractivity contribution < 1.29 is 9.59 Å². The minimum atomic E-state index is -0.158. The molecule has 0 spiro atoms. The number of hydrogen-bond donors (Lipinski definition) is 2. The van der Waals surface area contributed by atoms with Gasteiger partial charge in [-0.25, -0.2) is 0 Å². The fourth-order valence-corrected chi connectivity index (χ4v) is 3.81. The second kappa shape index (κ2) is 7.79. The summed E-state index contributed by atoms with van der Waals surface area (Å²) in [4.78, 5) is 26.7. The third kappa shape index (κ3) is 4.15. The van der Waals surface area contributed by atoms with E-state index in [4.69, 9.17) is 0 Å². The van der Waals surface area contributed by atoms with Crippen molar-refractivity contribution >= 4 is 11.8 Å². The van der Waals surface area contributed by atoms with Gasteiger partial charge in [0.2, 0.25) is 5.91 Å². The highest BCUT2D eigenvalue weighted by Crippen LogP contribution is 2.27. The van der Waals surface area contributed by atoms with Gasteiger partial charge < -0.3 is 15.5 Å². The molecule has 1 aromatic rings. The quantitative estimate of drug-likeness (QED) is 0.883. The molecule has 5 heteroatoms. The molecule has 1 unspecified atom stereocenters. The van der Waals surface area contributed by atoms with E-state index in [2.05, 4.69) is 10.6 Å². The van der Waals surface area contributed by atoms with Crippen molar-refractivity contribution in [3.8, 4) is 0 Å². The second-order valence-electron chi connectivity index (χ2n) is 7.08. The molecular formula is C19H27N3O2. The minimum absolute atomic E-state index is 0.118. The number of benzene rings is 1. The van der Waals surface area contributed by atoms with E-state index in [0.29, 0.717) is 12.0 Å². The van der Waals surface area contributed by atoms with Crippen LogP contribution in [-0.4, -0.2) is 48.9 Å². The van der Waals surface area contributed by atoms with Crippen molar-refractivity contribution in [1.82, 2.24) is 15.5 Å². The number of carbonyl (C=O) groups excluding carboxylic acids is 2. The molecule has 2 amide bonds. The van der Waals surface area contributed by atoms with Gasteiger partial charge in [0.25, 0.3) is 5.91 Å². The first kappa shape index (κ1) is 17.0. The number of amides is 2. The Bertz CT molecular complexity index is 561. The van der Waals surface area contributed by atoms with Crippen LogP contribution in [0.2, 0.25) is 0 Å². The predicted molar refractivity (Wildman–Crippen MR) is 93.7 cm³/mol. The first-order valence-corrected chi connectivity index (χ1v) is 8.98. The molecular weight excluding hydrogens is 302 g/mol. The Balaban J connectivity index is 1.48. The van der Waals surface area contributed by atoms with Gasteiger partial charge in [-0.3, -0.25) is 9.59 Å². The molecule has 0 saturated carbocycles. The molecule has 24 heavy (non-hydrogen) atoms. The lowest BCUT2D eigenvalue weighted by Crippen LogP contribution is -2.40. The lowest BCUT2D eigenvalue weighted by molar-refractivity contribution is -0.131. The van der Waals surface area contributed by atoms with Crippen LogP contribution >= 0.6 is 0 Å². The summed E-state index contributed by atoms with van der Waals surface area (Å²) < 4.78 is 0. The second-order valence-corrected chi connectivity index (χ2v) is 7.08. The van der Waals surface area contributed by atoms with Crippen LogP contribution in [0.25, 0.3) is 0 Å². The zero-order chi connectivity index (χ0) is 16.9. The molecule has 0 aliphatic carbocycles. The van der Waals surface area contributed by atoms with E-state index in [1.807, 2.05) is 30.0 Å². The molecule has 5 nitrogen and oxygen atoms in total. The van der Waals surface area contributed by atoms with E-state index in [9.17, 15) is 9.59 Å². The van der Waals surface area contributed by atoms with Gasteiger partial charge >= 0.3 is 0 Å². The Labute approximate surface area is 143 Å². The summed E-state index contributed by atoms with van der Waals surface area (Å²) >= 11 is 0. The predicted octanol–water partition coefficient (Wildman–Crippen LogP) is 1.65. The summed E-state index contributed by atoms with van der Waals surface area (Å²) in [6.07, 6.45) is 2.55. The van der Waals surface area contributed by atoms with Crippen LogP contribution in [0.3, 0.4) is 0 Å². The highest BCUT2D eigenvalue weighted by atomic mass is 16.2. The number of carbonyl (C=O) groups is 2. The van der Waals surface area contributed by atoms with E-state index < -0.39 is 0 Å². The van der Waals surface area contributed by atoms with Crippen molar-refractivity contribution in [2.75, 3.05) is 26.2 Å². The van der Waals surface area contributed by atoms with Crippen LogP contribution in [0.15, 0.2) is 30.3 Å². The number of nitrogens with zero attached hydrogens (tertiary/aromatic N) is 1. The SMILES string of the molecule is CC(CC(=O)N1CC[C@@H]2CNC[C@@H]2CC1)NC(=O)c1ccccc1. The van der Waals surface area contributed by atoms with Crippen molar-refractivity contribution in [2.45, 2.75) is 32.2 Å². The third-order valence-electron chi connectivity index (χ3n) is 5.27. The molecule has 0 bridgehead atoms. The topological polar surface area (TPSA) is 61.4 Å². The van der Waals surface area contributed by atoms with E-state index >= 15 is 0 Å². The fourth-order valence-electron chi connectivity index (χ4n) is 3.81. The highest BCUT2D eigenvalue weighted by Gasteiger charge is 2.31. The van der Waals surface area contributed by atoms with Crippen LogP contribution in [0.1, 0.15) is 36.5 Å². The summed E-state index contributed by atoms with van der Waals surface area (Å²) in [6.45, 7) is 5.78. The maximum absolute atomic E-state index is 12.6. The van der Waals surface area contributed by atoms with Crippen LogP contribution in [0.5, 0.6) is 0 Å². The normalized spacial score (nSPS) is 24.8. The monoisotopic (exact) mass is 329 g/mol. The van der Waals surface area contributed by atoms with Crippen LogP contribution in [0, 0.1) is 11.8 Å². The molecule has 2 aliphatic rings. The Kier molecular flexibility index (Phi) is 5.51. The zero-order valence-electron chi connectivity index (χ0n) is 14.3. The average molecular weight is 329 g/mol. The van der Waals surface area contributed by atoms with E-state index in [0.717, 1.165) is 50.9 Å². The number of fused-ring (bicyclic) bond motifs is 1. The number of rotatable bonds is 4. The van der Waals surface area contributed by atoms with Crippen LogP contribution < -0.4 is 10.6 Å².